The molecule has 2 aromatic rings. The van der Waals surface area contributed by atoms with Gasteiger partial charge in [0.2, 0.25) is 0 Å². The molecule has 1 aromatic heterocycles. The maximum atomic E-state index is 13.5. The third-order valence-electron chi connectivity index (χ3n) is 2.22. The van der Waals surface area contributed by atoms with Crippen molar-refractivity contribution in [2.24, 2.45) is 0 Å². The van der Waals surface area contributed by atoms with Gasteiger partial charge >= 0.3 is 0 Å². The minimum atomic E-state index is -0.372. The smallest absolute Gasteiger partial charge is 0.191 e. The standard InChI is InChI=1S/C12H8BrFN2O/c13-6-12(17)11-5-10(15-7-16-11)8-3-1-2-4-9(8)14/h1-5,7H,6H2. The first-order valence-corrected chi connectivity index (χ1v) is 6.00. The van der Waals surface area contributed by atoms with Crippen molar-refractivity contribution in [3.8, 4) is 11.3 Å². The molecule has 17 heavy (non-hydrogen) atoms. The second-order valence-corrected chi connectivity index (χ2v) is 3.89. The summed E-state index contributed by atoms with van der Waals surface area (Å²) in [4.78, 5) is 19.3. The van der Waals surface area contributed by atoms with E-state index in [0.29, 0.717) is 11.3 Å². The zero-order chi connectivity index (χ0) is 12.3. The summed E-state index contributed by atoms with van der Waals surface area (Å²) in [6, 6.07) is 7.77. The molecule has 0 aliphatic rings. The van der Waals surface area contributed by atoms with Crippen molar-refractivity contribution < 1.29 is 9.18 Å². The summed E-state index contributed by atoms with van der Waals surface area (Å²) in [5, 5.41) is 0.181. The summed E-state index contributed by atoms with van der Waals surface area (Å²) in [5.41, 5.74) is 1.04. The van der Waals surface area contributed by atoms with E-state index in [2.05, 4.69) is 25.9 Å². The number of alkyl halides is 1. The number of ketones is 1. The largest absolute Gasteiger partial charge is 0.291 e. The van der Waals surface area contributed by atoms with Gasteiger partial charge in [-0.2, -0.15) is 0 Å². The van der Waals surface area contributed by atoms with Crippen LogP contribution in [0.15, 0.2) is 36.7 Å². The van der Waals surface area contributed by atoms with Gasteiger partial charge in [-0.15, -0.1) is 0 Å². The van der Waals surface area contributed by atoms with Crippen molar-refractivity contribution >= 4 is 21.7 Å². The highest BCUT2D eigenvalue weighted by Gasteiger charge is 2.10. The van der Waals surface area contributed by atoms with E-state index < -0.39 is 0 Å². The van der Waals surface area contributed by atoms with Crippen molar-refractivity contribution in [2.45, 2.75) is 0 Å². The Kier molecular flexibility index (Phi) is 3.58. The fourth-order valence-corrected chi connectivity index (χ4v) is 1.68. The lowest BCUT2D eigenvalue weighted by Gasteiger charge is -2.03. The Balaban J connectivity index is 2.47. The molecule has 0 bridgehead atoms. The minimum absolute atomic E-state index is 0.162. The predicted octanol–water partition coefficient (Wildman–Crippen LogP) is 2.86. The number of carbonyl (C=O) groups excluding carboxylic acids is 1. The topological polar surface area (TPSA) is 42.9 Å². The van der Waals surface area contributed by atoms with Crippen LogP contribution in [0, 0.1) is 5.82 Å². The van der Waals surface area contributed by atoms with E-state index in [1.807, 2.05) is 0 Å². The molecule has 0 saturated heterocycles. The number of aromatic nitrogens is 2. The van der Waals surface area contributed by atoms with E-state index in [1.165, 1.54) is 18.5 Å². The first kappa shape index (κ1) is 11.9. The van der Waals surface area contributed by atoms with Crippen LogP contribution in [0.25, 0.3) is 11.3 Å². The van der Waals surface area contributed by atoms with E-state index in [0.717, 1.165) is 0 Å². The number of hydrogen-bond donors (Lipinski definition) is 0. The summed E-state index contributed by atoms with van der Waals surface area (Å²) in [6.07, 6.45) is 1.26. The molecular weight excluding hydrogens is 287 g/mol. The normalized spacial score (nSPS) is 10.2. The zero-order valence-corrected chi connectivity index (χ0v) is 10.3. The predicted molar refractivity (Wildman–Crippen MR) is 65.6 cm³/mol. The van der Waals surface area contributed by atoms with Crippen LogP contribution in [0.4, 0.5) is 4.39 Å². The third kappa shape index (κ3) is 2.55. The maximum Gasteiger partial charge on any atom is 0.191 e. The summed E-state index contributed by atoms with van der Waals surface area (Å²) < 4.78 is 13.5. The Bertz CT molecular complexity index is 560. The van der Waals surface area contributed by atoms with Crippen molar-refractivity contribution in [1.82, 2.24) is 9.97 Å². The number of carbonyl (C=O) groups is 1. The molecule has 0 fully saturated rings. The Labute approximate surface area is 106 Å². The Morgan fingerprint density at radius 2 is 2.06 bits per heavy atom. The van der Waals surface area contributed by atoms with Gasteiger partial charge in [-0.3, -0.25) is 4.79 Å². The molecule has 0 N–H and O–H groups in total. The van der Waals surface area contributed by atoms with Crippen molar-refractivity contribution in [3.05, 3.63) is 48.2 Å². The number of benzene rings is 1. The molecule has 0 radical (unpaired) electrons. The number of halogens is 2. The highest BCUT2D eigenvalue weighted by molar-refractivity contribution is 9.09. The molecule has 2 rings (SSSR count). The van der Waals surface area contributed by atoms with Crippen LogP contribution in [-0.2, 0) is 0 Å². The number of nitrogens with zero attached hydrogens (tertiary/aromatic N) is 2. The number of Topliss-reactive ketones (excluding diaryl/α,β-unsaturated/α-hetero) is 1. The quantitative estimate of drug-likeness (QED) is 0.646. The highest BCUT2D eigenvalue weighted by Crippen LogP contribution is 2.20. The van der Waals surface area contributed by atoms with Gasteiger partial charge in [-0.05, 0) is 18.2 Å². The molecule has 0 unspecified atom stereocenters. The van der Waals surface area contributed by atoms with Gasteiger partial charge in [0, 0.05) is 5.56 Å². The van der Waals surface area contributed by atoms with Gasteiger partial charge in [0.15, 0.2) is 5.78 Å². The van der Waals surface area contributed by atoms with E-state index >= 15 is 0 Å². The molecule has 0 amide bonds. The molecule has 1 aromatic carbocycles. The van der Waals surface area contributed by atoms with Crippen LogP contribution in [-0.4, -0.2) is 21.1 Å². The Hall–Kier alpha value is -1.62. The monoisotopic (exact) mass is 294 g/mol. The SMILES string of the molecule is O=C(CBr)c1cc(-c2ccccc2F)ncn1. The second-order valence-electron chi connectivity index (χ2n) is 3.33. The molecular formula is C12H8BrFN2O. The molecule has 1 heterocycles. The first-order valence-electron chi connectivity index (χ1n) is 4.88. The third-order valence-corrected chi connectivity index (χ3v) is 2.73. The summed E-state index contributed by atoms with van der Waals surface area (Å²) in [7, 11) is 0. The van der Waals surface area contributed by atoms with Crippen LogP contribution in [0.1, 0.15) is 10.5 Å². The van der Waals surface area contributed by atoms with E-state index in [-0.39, 0.29) is 22.6 Å². The maximum absolute atomic E-state index is 13.5. The van der Waals surface area contributed by atoms with Crippen molar-refractivity contribution in [3.63, 3.8) is 0 Å². The Morgan fingerprint density at radius 3 is 2.76 bits per heavy atom. The van der Waals surface area contributed by atoms with E-state index in [4.69, 9.17) is 0 Å². The lowest BCUT2D eigenvalue weighted by Crippen LogP contribution is -2.04. The van der Waals surface area contributed by atoms with Gasteiger partial charge in [0.25, 0.3) is 0 Å². The molecule has 0 aliphatic heterocycles. The van der Waals surface area contributed by atoms with Crippen LogP contribution in [0.5, 0.6) is 0 Å². The van der Waals surface area contributed by atoms with Gasteiger partial charge < -0.3 is 0 Å². The molecule has 3 nitrogen and oxygen atoms in total. The minimum Gasteiger partial charge on any atom is -0.291 e. The average molecular weight is 295 g/mol. The lowest BCUT2D eigenvalue weighted by molar-refractivity contribution is 0.101. The van der Waals surface area contributed by atoms with Crippen molar-refractivity contribution in [1.29, 1.82) is 0 Å². The zero-order valence-electron chi connectivity index (χ0n) is 8.73. The van der Waals surface area contributed by atoms with Crippen LogP contribution in [0.3, 0.4) is 0 Å². The lowest BCUT2D eigenvalue weighted by atomic mass is 10.1. The molecule has 0 saturated carbocycles. The van der Waals surface area contributed by atoms with Gasteiger partial charge in [-0.25, -0.2) is 14.4 Å². The molecule has 0 atom stereocenters. The van der Waals surface area contributed by atoms with E-state index in [1.54, 1.807) is 18.2 Å². The summed E-state index contributed by atoms with van der Waals surface area (Å²) in [6.45, 7) is 0. The van der Waals surface area contributed by atoms with Crippen molar-refractivity contribution in [2.75, 3.05) is 5.33 Å². The van der Waals surface area contributed by atoms with Gasteiger partial charge in [0.1, 0.15) is 17.8 Å². The van der Waals surface area contributed by atoms with Crippen LogP contribution < -0.4 is 0 Å². The fraction of sp³-hybridized carbons (Fsp3) is 0.0833. The van der Waals surface area contributed by atoms with Gasteiger partial charge in [0.05, 0.1) is 11.0 Å². The van der Waals surface area contributed by atoms with Crippen LogP contribution >= 0.6 is 15.9 Å². The van der Waals surface area contributed by atoms with Crippen LogP contribution in [0.2, 0.25) is 0 Å². The number of hydrogen-bond acceptors (Lipinski definition) is 3. The second kappa shape index (κ2) is 5.14. The highest BCUT2D eigenvalue weighted by atomic mass is 79.9. The summed E-state index contributed by atoms with van der Waals surface area (Å²) >= 11 is 3.06. The van der Waals surface area contributed by atoms with E-state index in [9.17, 15) is 9.18 Å². The molecule has 5 heteroatoms. The summed E-state index contributed by atoms with van der Waals surface area (Å²) in [5.74, 6) is -0.534. The Morgan fingerprint density at radius 1 is 1.29 bits per heavy atom. The fourth-order valence-electron chi connectivity index (χ4n) is 1.39. The van der Waals surface area contributed by atoms with Gasteiger partial charge in [-0.1, -0.05) is 28.1 Å². The molecule has 0 spiro atoms. The first-order chi connectivity index (χ1) is 8.22. The number of rotatable bonds is 3. The molecule has 86 valence electrons. The molecule has 0 aliphatic carbocycles. The average Bonchev–Trinajstić information content (AvgIpc) is 2.38.